The van der Waals surface area contributed by atoms with Crippen molar-refractivity contribution in [3.05, 3.63) is 47.8 Å². The number of hydrogen-bond donors (Lipinski definition) is 1. The van der Waals surface area contributed by atoms with Crippen LogP contribution >= 0.6 is 0 Å². The van der Waals surface area contributed by atoms with E-state index in [1.807, 2.05) is 4.90 Å². The van der Waals surface area contributed by atoms with Crippen LogP contribution in [0.4, 0.5) is 14.5 Å². The summed E-state index contributed by atoms with van der Waals surface area (Å²) in [6.45, 7) is 2.49. The van der Waals surface area contributed by atoms with Gasteiger partial charge in [0, 0.05) is 42.7 Å². The zero-order valence-corrected chi connectivity index (χ0v) is 16.0. The standard InChI is InChI=1S/C22H21F2N3O2/c1-12(28)15-10-27(11-15)20-18(14-2-16(23)4-17(24)3-14)8-25-9-19(20)21(29)26-22-5-13(6-22)7-22/h2-4,8-9,13,15H,5-7,10-11H2,1H3,(H,26,29). The Balaban J connectivity index is 1.55. The monoisotopic (exact) mass is 397 g/mol. The number of anilines is 1. The molecule has 3 aliphatic carbocycles. The molecule has 2 heterocycles. The van der Waals surface area contributed by atoms with Crippen LogP contribution in [-0.4, -0.2) is 35.3 Å². The van der Waals surface area contributed by atoms with E-state index in [4.69, 9.17) is 0 Å². The number of amides is 1. The van der Waals surface area contributed by atoms with E-state index >= 15 is 0 Å². The van der Waals surface area contributed by atoms with Crippen molar-refractivity contribution in [2.75, 3.05) is 18.0 Å². The quantitative estimate of drug-likeness (QED) is 0.841. The van der Waals surface area contributed by atoms with E-state index < -0.39 is 11.6 Å². The number of rotatable bonds is 5. The summed E-state index contributed by atoms with van der Waals surface area (Å²) in [4.78, 5) is 30.9. The molecule has 4 fully saturated rings. The number of halogens is 2. The van der Waals surface area contributed by atoms with Crippen molar-refractivity contribution in [2.24, 2.45) is 11.8 Å². The topological polar surface area (TPSA) is 62.3 Å². The van der Waals surface area contributed by atoms with Crippen LogP contribution in [-0.2, 0) is 4.79 Å². The third-order valence-corrected chi connectivity index (χ3v) is 6.53. The molecule has 1 N–H and O–H groups in total. The molecule has 0 atom stereocenters. The van der Waals surface area contributed by atoms with Crippen molar-refractivity contribution in [3.63, 3.8) is 0 Å². The fourth-order valence-electron chi connectivity index (χ4n) is 4.74. The zero-order valence-electron chi connectivity index (χ0n) is 16.0. The van der Waals surface area contributed by atoms with Crippen LogP contribution in [0.3, 0.4) is 0 Å². The predicted molar refractivity (Wildman–Crippen MR) is 104 cm³/mol. The summed E-state index contributed by atoms with van der Waals surface area (Å²) in [7, 11) is 0. The molecule has 1 aliphatic heterocycles. The third kappa shape index (κ3) is 2.99. The summed E-state index contributed by atoms with van der Waals surface area (Å²) in [5.41, 5.74) is 1.65. The molecule has 1 amide bonds. The van der Waals surface area contributed by atoms with E-state index in [1.165, 1.54) is 24.5 Å². The highest BCUT2D eigenvalue weighted by Crippen LogP contribution is 2.57. The molecule has 4 aliphatic rings. The van der Waals surface area contributed by atoms with Crippen molar-refractivity contribution >= 4 is 17.4 Å². The average Bonchev–Trinajstić information content (AvgIpc) is 2.54. The SMILES string of the molecule is CC(=O)C1CN(c2c(C(=O)NC34CC(C3)C4)cncc2-c2cc(F)cc(F)c2)C1. The lowest BCUT2D eigenvalue weighted by Gasteiger charge is -2.61. The Kier molecular flexibility index (Phi) is 3.98. The first-order chi connectivity index (χ1) is 13.8. The first-order valence-electron chi connectivity index (χ1n) is 9.86. The molecule has 7 heteroatoms. The van der Waals surface area contributed by atoms with Crippen LogP contribution in [0.25, 0.3) is 11.1 Å². The van der Waals surface area contributed by atoms with Crippen LogP contribution in [0.2, 0.25) is 0 Å². The second-order valence-electron chi connectivity index (χ2n) is 8.67. The molecule has 2 aromatic rings. The number of carbonyl (C=O) groups is 2. The summed E-state index contributed by atoms with van der Waals surface area (Å²) in [5.74, 6) is -0.904. The molecule has 3 saturated carbocycles. The van der Waals surface area contributed by atoms with Gasteiger partial charge in [-0.05, 0) is 49.8 Å². The normalized spacial score (nSPS) is 24.9. The molecule has 1 saturated heterocycles. The number of aromatic nitrogens is 1. The maximum atomic E-state index is 13.9. The van der Waals surface area contributed by atoms with Crippen molar-refractivity contribution in [1.29, 1.82) is 0 Å². The van der Waals surface area contributed by atoms with E-state index in [2.05, 4.69) is 10.3 Å². The van der Waals surface area contributed by atoms with Gasteiger partial charge in [0.2, 0.25) is 0 Å². The average molecular weight is 397 g/mol. The number of Topliss-reactive ketones (excluding diaryl/α,β-unsaturated/α-hetero) is 1. The van der Waals surface area contributed by atoms with Crippen LogP contribution in [0.15, 0.2) is 30.6 Å². The number of ketones is 1. The van der Waals surface area contributed by atoms with Crippen molar-refractivity contribution < 1.29 is 18.4 Å². The van der Waals surface area contributed by atoms with Gasteiger partial charge in [0.15, 0.2) is 0 Å². The second-order valence-corrected chi connectivity index (χ2v) is 8.67. The zero-order chi connectivity index (χ0) is 20.3. The predicted octanol–water partition coefficient (Wildman–Crippen LogP) is 3.33. The van der Waals surface area contributed by atoms with E-state index in [1.54, 1.807) is 6.92 Å². The number of nitrogens with one attached hydrogen (secondary N) is 1. The highest BCUT2D eigenvalue weighted by Gasteiger charge is 2.57. The molecule has 5 nitrogen and oxygen atoms in total. The smallest absolute Gasteiger partial charge is 0.255 e. The van der Waals surface area contributed by atoms with Gasteiger partial charge < -0.3 is 10.2 Å². The number of carbonyl (C=O) groups excluding carboxylic acids is 2. The van der Waals surface area contributed by atoms with Gasteiger partial charge >= 0.3 is 0 Å². The fourth-order valence-corrected chi connectivity index (χ4v) is 4.74. The van der Waals surface area contributed by atoms with Crippen molar-refractivity contribution in [1.82, 2.24) is 10.3 Å². The summed E-state index contributed by atoms with van der Waals surface area (Å²) in [6, 6.07) is 3.27. The molecule has 0 unspecified atom stereocenters. The first-order valence-corrected chi connectivity index (χ1v) is 9.86. The van der Waals surface area contributed by atoms with Crippen LogP contribution < -0.4 is 10.2 Å². The number of hydrogen-bond acceptors (Lipinski definition) is 4. The summed E-state index contributed by atoms with van der Waals surface area (Å²) < 4.78 is 27.7. The molecule has 1 aromatic carbocycles. The lowest BCUT2D eigenvalue weighted by atomic mass is 9.50. The Morgan fingerprint density at radius 3 is 2.31 bits per heavy atom. The highest BCUT2D eigenvalue weighted by molar-refractivity contribution is 6.04. The van der Waals surface area contributed by atoms with E-state index in [9.17, 15) is 18.4 Å². The minimum absolute atomic E-state index is 0.0912. The second kappa shape index (κ2) is 6.34. The molecule has 2 bridgehead atoms. The lowest BCUT2D eigenvalue weighted by molar-refractivity contribution is -0.121. The van der Waals surface area contributed by atoms with Crippen LogP contribution in [0.1, 0.15) is 36.5 Å². The van der Waals surface area contributed by atoms with Gasteiger partial charge in [-0.3, -0.25) is 14.6 Å². The van der Waals surface area contributed by atoms with Crippen LogP contribution in [0, 0.1) is 23.5 Å². The van der Waals surface area contributed by atoms with Gasteiger partial charge in [-0.25, -0.2) is 8.78 Å². The highest BCUT2D eigenvalue weighted by atomic mass is 19.1. The molecular weight excluding hydrogens is 376 g/mol. The van der Waals surface area contributed by atoms with Crippen molar-refractivity contribution in [3.8, 4) is 11.1 Å². The molecule has 150 valence electrons. The van der Waals surface area contributed by atoms with Gasteiger partial charge in [0.25, 0.3) is 5.91 Å². The Labute approximate surface area is 167 Å². The first kappa shape index (κ1) is 18.2. The molecule has 1 aromatic heterocycles. The molecule has 6 rings (SSSR count). The van der Waals surface area contributed by atoms with E-state index in [-0.39, 0.29) is 23.1 Å². The Hall–Kier alpha value is -2.83. The molecular formula is C22H21F2N3O2. The number of nitrogens with zero attached hydrogens (tertiary/aromatic N) is 2. The number of benzene rings is 1. The van der Waals surface area contributed by atoms with Crippen molar-refractivity contribution in [2.45, 2.75) is 31.7 Å². The van der Waals surface area contributed by atoms with Gasteiger partial charge in [0.05, 0.1) is 17.2 Å². The fraction of sp³-hybridized carbons (Fsp3) is 0.409. The Morgan fingerprint density at radius 2 is 1.76 bits per heavy atom. The van der Waals surface area contributed by atoms with E-state index in [0.29, 0.717) is 35.5 Å². The number of pyridine rings is 1. The summed E-state index contributed by atoms with van der Waals surface area (Å²) in [6.07, 6.45) is 6.03. The summed E-state index contributed by atoms with van der Waals surface area (Å²) in [5, 5.41) is 3.13. The van der Waals surface area contributed by atoms with Gasteiger partial charge in [-0.15, -0.1) is 0 Å². The van der Waals surface area contributed by atoms with Gasteiger partial charge in [0.1, 0.15) is 17.4 Å². The maximum absolute atomic E-state index is 13.9. The van der Waals surface area contributed by atoms with Crippen LogP contribution in [0.5, 0.6) is 0 Å². The van der Waals surface area contributed by atoms with E-state index in [0.717, 1.165) is 31.2 Å². The molecule has 0 spiro atoms. The Morgan fingerprint density at radius 1 is 1.10 bits per heavy atom. The van der Waals surface area contributed by atoms with Gasteiger partial charge in [-0.1, -0.05) is 0 Å². The van der Waals surface area contributed by atoms with Gasteiger partial charge in [-0.2, -0.15) is 0 Å². The largest absolute Gasteiger partial charge is 0.369 e. The Bertz CT molecular complexity index is 995. The lowest BCUT2D eigenvalue weighted by Crippen LogP contribution is -2.68. The maximum Gasteiger partial charge on any atom is 0.255 e. The minimum Gasteiger partial charge on any atom is -0.369 e. The minimum atomic E-state index is -0.695. The molecule has 0 radical (unpaired) electrons. The summed E-state index contributed by atoms with van der Waals surface area (Å²) >= 11 is 0. The third-order valence-electron chi connectivity index (χ3n) is 6.53. The molecule has 29 heavy (non-hydrogen) atoms.